The van der Waals surface area contributed by atoms with Crippen LogP contribution < -0.4 is 10.6 Å². The molecule has 1 heterocycles. The number of nitrogens with one attached hydrogen (secondary N) is 3. The maximum absolute atomic E-state index is 13.5. The highest BCUT2D eigenvalue weighted by atomic mass is 16.6. The number of benzene rings is 2. The molecule has 4 N–H and O–H groups in total. The third-order valence-electron chi connectivity index (χ3n) is 8.07. The van der Waals surface area contributed by atoms with Crippen LogP contribution in [0.25, 0.3) is 10.9 Å². The van der Waals surface area contributed by atoms with Crippen LogP contribution in [0.2, 0.25) is 0 Å². The maximum Gasteiger partial charge on any atom is 0.408 e. The predicted molar refractivity (Wildman–Crippen MR) is 148 cm³/mol. The van der Waals surface area contributed by atoms with E-state index in [-0.39, 0.29) is 26.0 Å². The second-order valence-corrected chi connectivity index (χ2v) is 10.7. The summed E-state index contributed by atoms with van der Waals surface area (Å²) in [5.74, 6) is 0.851. The molecule has 2 bridgehead atoms. The summed E-state index contributed by atoms with van der Waals surface area (Å²) in [4.78, 5) is 29.8. The minimum Gasteiger partial charge on any atom is -0.446 e. The summed E-state index contributed by atoms with van der Waals surface area (Å²) in [6, 6.07) is 16.3. The second-order valence-electron chi connectivity index (χ2n) is 10.7. The molecule has 0 spiro atoms. The molecule has 7 heteroatoms. The Bertz CT molecular complexity index is 1190. The van der Waals surface area contributed by atoms with Crippen LogP contribution in [0.15, 0.2) is 60.8 Å². The number of aromatic amines is 1. The Labute approximate surface area is 225 Å². The van der Waals surface area contributed by atoms with Crippen LogP contribution in [0.1, 0.15) is 49.7 Å². The van der Waals surface area contributed by atoms with E-state index in [4.69, 9.17) is 4.74 Å². The third kappa shape index (κ3) is 6.76. The molecule has 202 valence electrons. The number of amides is 2. The molecule has 3 aromatic rings. The minimum atomic E-state index is -0.834. The Morgan fingerprint density at radius 3 is 2.58 bits per heavy atom. The van der Waals surface area contributed by atoms with E-state index in [9.17, 15) is 14.7 Å². The van der Waals surface area contributed by atoms with Crippen LogP contribution in [0, 0.1) is 19.3 Å². The van der Waals surface area contributed by atoms with Crippen molar-refractivity contribution in [2.45, 2.75) is 69.6 Å². The lowest BCUT2D eigenvalue weighted by Gasteiger charge is -2.39. The molecular formula is C31H39N3O4. The van der Waals surface area contributed by atoms with Crippen molar-refractivity contribution in [2.75, 3.05) is 6.61 Å². The normalized spacial score (nSPS) is 22.1. The van der Waals surface area contributed by atoms with Crippen molar-refractivity contribution in [3.8, 4) is 0 Å². The highest BCUT2D eigenvalue weighted by Gasteiger charge is 2.36. The van der Waals surface area contributed by atoms with Crippen LogP contribution in [-0.4, -0.2) is 46.9 Å². The molecular weight excluding hydrogens is 478 g/mol. The Balaban J connectivity index is 0.00000336. The van der Waals surface area contributed by atoms with Gasteiger partial charge in [-0.15, -0.1) is 0 Å². The molecule has 5 unspecified atom stereocenters. The smallest absolute Gasteiger partial charge is 0.408 e. The molecule has 2 radical (unpaired) electrons. The van der Waals surface area contributed by atoms with Gasteiger partial charge in [0, 0.05) is 23.5 Å². The van der Waals surface area contributed by atoms with E-state index in [1.807, 2.05) is 60.8 Å². The van der Waals surface area contributed by atoms with Crippen LogP contribution in [0.3, 0.4) is 0 Å². The van der Waals surface area contributed by atoms with Gasteiger partial charge in [-0.2, -0.15) is 0 Å². The molecule has 38 heavy (non-hydrogen) atoms. The first-order valence-corrected chi connectivity index (χ1v) is 13.6. The lowest BCUT2D eigenvalue weighted by atomic mass is 9.71. The molecule has 5 rings (SSSR count). The third-order valence-corrected chi connectivity index (χ3v) is 8.07. The van der Waals surface area contributed by atoms with E-state index < -0.39 is 18.2 Å². The lowest BCUT2D eigenvalue weighted by molar-refractivity contribution is -0.124. The van der Waals surface area contributed by atoms with Gasteiger partial charge >= 0.3 is 6.09 Å². The van der Waals surface area contributed by atoms with Crippen molar-refractivity contribution in [3.05, 3.63) is 79.3 Å². The van der Waals surface area contributed by atoms with Crippen LogP contribution >= 0.6 is 0 Å². The molecule has 5 atom stereocenters. The molecule has 0 saturated heterocycles. The molecule has 0 aliphatic heterocycles. The van der Waals surface area contributed by atoms with Gasteiger partial charge < -0.3 is 25.5 Å². The highest BCUT2D eigenvalue weighted by molar-refractivity contribution is 5.88. The van der Waals surface area contributed by atoms with Gasteiger partial charge in [-0.1, -0.05) is 68.8 Å². The maximum atomic E-state index is 13.5. The Hall–Kier alpha value is -3.32. The van der Waals surface area contributed by atoms with Crippen molar-refractivity contribution in [1.29, 1.82) is 0 Å². The van der Waals surface area contributed by atoms with E-state index in [2.05, 4.69) is 15.6 Å². The summed E-state index contributed by atoms with van der Waals surface area (Å²) in [5, 5.41) is 16.8. The van der Waals surface area contributed by atoms with E-state index in [1.54, 1.807) is 0 Å². The number of fused-ring (bicyclic) bond motifs is 3. The minimum absolute atomic E-state index is 0. The SMILES string of the molecule is O=C(NC(Cc1c[nH]c2ccccc12)C(=O)NC(CO)Cc1ccccc1)OC1CCC2CCCC1C2.[CH2]. The first-order chi connectivity index (χ1) is 18.1. The summed E-state index contributed by atoms with van der Waals surface area (Å²) in [7, 11) is 0. The number of hydrogen-bond acceptors (Lipinski definition) is 4. The van der Waals surface area contributed by atoms with Crippen LogP contribution in [0.5, 0.6) is 0 Å². The number of para-hydroxylation sites is 1. The largest absolute Gasteiger partial charge is 0.446 e. The fraction of sp³-hybridized carbons (Fsp3) is 0.452. The van der Waals surface area contributed by atoms with Gasteiger partial charge in [0.1, 0.15) is 12.1 Å². The average molecular weight is 518 g/mol. The number of carbonyl (C=O) groups is 2. The number of rotatable bonds is 9. The lowest BCUT2D eigenvalue weighted by Crippen LogP contribution is -2.52. The van der Waals surface area contributed by atoms with Crippen LogP contribution in [-0.2, 0) is 22.4 Å². The van der Waals surface area contributed by atoms with Crippen molar-refractivity contribution in [1.82, 2.24) is 15.6 Å². The van der Waals surface area contributed by atoms with Crippen molar-refractivity contribution < 1.29 is 19.4 Å². The van der Waals surface area contributed by atoms with Gasteiger partial charge in [0.15, 0.2) is 0 Å². The monoisotopic (exact) mass is 517 g/mol. The summed E-state index contributed by atoms with van der Waals surface area (Å²) in [5.41, 5.74) is 2.93. The number of H-pyrrole nitrogens is 1. The molecule has 2 amide bonds. The van der Waals surface area contributed by atoms with Gasteiger partial charge in [-0.3, -0.25) is 4.79 Å². The zero-order valence-corrected chi connectivity index (χ0v) is 21.9. The predicted octanol–water partition coefficient (Wildman–Crippen LogP) is 4.82. The van der Waals surface area contributed by atoms with E-state index >= 15 is 0 Å². The second kappa shape index (κ2) is 13.0. The zero-order valence-electron chi connectivity index (χ0n) is 21.9. The van der Waals surface area contributed by atoms with Gasteiger partial charge in [0.25, 0.3) is 0 Å². The molecule has 7 nitrogen and oxygen atoms in total. The molecule has 2 aliphatic carbocycles. The zero-order chi connectivity index (χ0) is 25.6. The van der Waals surface area contributed by atoms with Gasteiger partial charge in [0.2, 0.25) is 5.91 Å². The average Bonchev–Trinajstić information content (AvgIpc) is 3.33. The number of aliphatic hydroxyl groups is 1. The first-order valence-electron chi connectivity index (χ1n) is 13.6. The Morgan fingerprint density at radius 2 is 1.76 bits per heavy atom. The number of ether oxygens (including phenoxy) is 1. The van der Waals surface area contributed by atoms with Gasteiger partial charge in [-0.25, -0.2) is 4.79 Å². The van der Waals surface area contributed by atoms with Crippen molar-refractivity contribution in [3.63, 3.8) is 0 Å². The summed E-state index contributed by atoms with van der Waals surface area (Å²) in [6.07, 6.45) is 8.78. The topological polar surface area (TPSA) is 103 Å². The van der Waals surface area contributed by atoms with Crippen LogP contribution in [0.4, 0.5) is 4.79 Å². The van der Waals surface area contributed by atoms with Gasteiger partial charge in [-0.05, 0) is 61.1 Å². The summed E-state index contributed by atoms with van der Waals surface area (Å²) >= 11 is 0. The Kier molecular flexibility index (Phi) is 9.45. The fourth-order valence-electron chi connectivity index (χ4n) is 6.13. The van der Waals surface area contributed by atoms with Gasteiger partial charge in [0.05, 0.1) is 12.6 Å². The molecule has 1 aromatic heterocycles. The number of hydrogen-bond donors (Lipinski definition) is 4. The van der Waals surface area contributed by atoms with E-state index in [1.165, 1.54) is 12.8 Å². The first kappa shape index (κ1) is 27.7. The summed E-state index contributed by atoms with van der Waals surface area (Å²) < 4.78 is 5.90. The van der Waals surface area contributed by atoms with E-state index in [0.29, 0.717) is 18.8 Å². The number of aliphatic hydroxyl groups excluding tert-OH is 1. The summed E-state index contributed by atoms with van der Waals surface area (Å²) in [6.45, 7) is -0.199. The highest BCUT2D eigenvalue weighted by Crippen LogP contribution is 2.41. The Morgan fingerprint density at radius 1 is 0.974 bits per heavy atom. The number of carbonyl (C=O) groups excluding carboxylic acids is 2. The quantitative estimate of drug-likeness (QED) is 0.327. The molecule has 2 saturated carbocycles. The number of alkyl carbamates (subject to hydrolysis) is 1. The molecule has 2 aliphatic rings. The van der Waals surface area contributed by atoms with E-state index in [0.717, 1.165) is 53.6 Å². The van der Waals surface area contributed by atoms with Crippen molar-refractivity contribution in [2.24, 2.45) is 11.8 Å². The standard InChI is InChI=1S/C30H37N3O4.CH2/c34-19-24(16-20-7-2-1-3-8-20)32-29(35)27(17-23-18-31-26-12-5-4-11-25(23)26)33-30(36)37-28-14-13-21-9-6-10-22(28)15-21;/h1-5,7-8,11-12,18,21-22,24,27-28,31,34H,6,9-10,13-17,19H2,(H,32,35)(H,33,36);1H2. The molecule has 2 aromatic carbocycles. The fourth-order valence-corrected chi connectivity index (χ4v) is 6.13. The van der Waals surface area contributed by atoms with Crippen molar-refractivity contribution >= 4 is 22.9 Å². The molecule has 2 fully saturated rings. The number of aromatic nitrogens is 1.